The number of nitrogens with one attached hydrogen (secondary N) is 1. The summed E-state index contributed by atoms with van der Waals surface area (Å²) in [7, 11) is 0. The SMILES string of the molecule is C=CC[C@@H](c1cc(F)cc(C(F)(F)F)c1)N1CCNCC1.Cl. The Morgan fingerprint density at radius 2 is 1.86 bits per heavy atom. The maximum Gasteiger partial charge on any atom is 0.416 e. The van der Waals surface area contributed by atoms with Gasteiger partial charge in [0.05, 0.1) is 5.56 Å². The number of halogens is 5. The number of alkyl halides is 3. The molecule has 124 valence electrons. The van der Waals surface area contributed by atoms with E-state index in [2.05, 4.69) is 16.8 Å². The van der Waals surface area contributed by atoms with Crippen molar-refractivity contribution in [3.05, 3.63) is 47.8 Å². The normalized spacial score (nSPS) is 17.6. The number of benzene rings is 1. The molecular formula is C15H19ClF4N2. The van der Waals surface area contributed by atoms with E-state index in [9.17, 15) is 17.6 Å². The van der Waals surface area contributed by atoms with E-state index in [0.717, 1.165) is 32.2 Å². The number of nitrogens with zero attached hydrogens (tertiary/aromatic N) is 1. The van der Waals surface area contributed by atoms with Crippen LogP contribution in [0.15, 0.2) is 30.9 Å². The molecule has 2 rings (SSSR count). The Hall–Kier alpha value is -1.11. The third-order valence-corrected chi connectivity index (χ3v) is 3.61. The van der Waals surface area contributed by atoms with Crippen molar-refractivity contribution in [1.82, 2.24) is 10.2 Å². The lowest BCUT2D eigenvalue weighted by Gasteiger charge is -2.35. The Morgan fingerprint density at radius 1 is 1.23 bits per heavy atom. The lowest BCUT2D eigenvalue weighted by atomic mass is 9.98. The van der Waals surface area contributed by atoms with Crippen LogP contribution >= 0.6 is 12.4 Å². The van der Waals surface area contributed by atoms with Gasteiger partial charge in [-0.25, -0.2) is 4.39 Å². The zero-order valence-corrected chi connectivity index (χ0v) is 12.8. The standard InChI is InChI=1S/C15H18F4N2.ClH/c1-2-3-14(21-6-4-20-5-7-21)11-8-12(15(17,18)19)10-13(16)9-11;/h2,8-10,14,20H,1,3-7H2;1H/t14-;/m0./s1. The van der Waals surface area contributed by atoms with Gasteiger partial charge in [0.2, 0.25) is 0 Å². The van der Waals surface area contributed by atoms with Crippen LogP contribution in [0.4, 0.5) is 17.6 Å². The van der Waals surface area contributed by atoms with E-state index in [1.807, 2.05) is 0 Å². The van der Waals surface area contributed by atoms with Gasteiger partial charge in [-0.15, -0.1) is 19.0 Å². The first-order valence-corrected chi connectivity index (χ1v) is 6.85. The number of piperazine rings is 1. The van der Waals surface area contributed by atoms with Gasteiger partial charge < -0.3 is 5.32 Å². The molecule has 0 aromatic heterocycles. The highest BCUT2D eigenvalue weighted by atomic mass is 35.5. The van der Waals surface area contributed by atoms with Crippen LogP contribution in [0.3, 0.4) is 0 Å². The molecule has 0 radical (unpaired) electrons. The van der Waals surface area contributed by atoms with Crippen LogP contribution in [0.5, 0.6) is 0 Å². The molecule has 1 aliphatic heterocycles. The summed E-state index contributed by atoms with van der Waals surface area (Å²) < 4.78 is 52.1. The smallest absolute Gasteiger partial charge is 0.314 e. The van der Waals surface area contributed by atoms with E-state index in [-0.39, 0.29) is 18.4 Å². The largest absolute Gasteiger partial charge is 0.416 e. The van der Waals surface area contributed by atoms with E-state index in [1.165, 1.54) is 6.07 Å². The lowest BCUT2D eigenvalue weighted by Crippen LogP contribution is -2.45. The van der Waals surface area contributed by atoms with Crippen LogP contribution in [0.2, 0.25) is 0 Å². The molecule has 0 aliphatic carbocycles. The molecule has 0 bridgehead atoms. The number of rotatable bonds is 4. The van der Waals surface area contributed by atoms with Gasteiger partial charge in [0.25, 0.3) is 0 Å². The number of hydrogen-bond acceptors (Lipinski definition) is 2. The molecule has 1 atom stereocenters. The van der Waals surface area contributed by atoms with Crippen molar-refractivity contribution in [3.63, 3.8) is 0 Å². The molecule has 1 heterocycles. The molecule has 0 spiro atoms. The summed E-state index contributed by atoms with van der Waals surface area (Å²) in [6.45, 7) is 6.64. The first-order chi connectivity index (χ1) is 9.91. The van der Waals surface area contributed by atoms with E-state index in [4.69, 9.17) is 0 Å². The molecule has 0 saturated carbocycles. The Balaban J connectivity index is 0.00000242. The maximum absolute atomic E-state index is 13.6. The van der Waals surface area contributed by atoms with Crippen molar-refractivity contribution >= 4 is 12.4 Å². The first-order valence-electron chi connectivity index (χ1n) is 6.85. The van der Waals surface area contributed by atoms with E-state index >= 15 is 0 Å². The third kappa shape index (κ3) is 4.69. The zero-order chi connectivity index (χ0) is 15.5. The van der Waals surface area contributed by atoms with E-state index < -0.39 is 17.6 Å². The Morgan fingerprint density at radius 3 is 2.41 bits per heavy atom. The fourth-order valence-corrected chi connectivity index (χ4v) is 2.62. The summed E-state index contributed by atoms with van der Waals surface area (Å²) in [5.74, 6) is -0.857. The molecule has 1 aliphatic rings. The molecule has 1 saturated heterocycles. The summed E-state index contributed by atoms with van der Waals surface area (Å²) in [6, 6.07) is 2.48. The summed E-state index contributed by atoms with van der Waals surface area (Å²) >= 11 is 0. The van der Waals surface area contributed by atoms with Gasteiger partial charge >= 0.3 is 6.18 Å². The molecule has 1 aromatic carbocycles. The second-order valence-corrected chi connectivity index (χ2v) is 5.10. The highest BCUT2D eigenvalue weighted by molar-refractivity contribution is 5.85. The van der Waals surface area contributed by atoms with Gasteiger partial charge in [-0.1, -0.05) is 6.08 Å². The van der Waals surface area contributed by atoms with Gasteiger partial charge in [-0.05, 0) is 30.2 Å². The average Bonchev–Trinajstić information content (AvgIpc) is 2.44. The Bertz CT molecular complexity index is 499. The average molecular weight is 339 g/mol. The van der Waals surface area contributed by atoms with Gasteiger partial charge in [0, 0.05) is 32.2 Å². The maximum atomic E-state index is 13.6. The first kappa shape index (κ1) is 18.9. The molecule has 22 heavy (non-hydrogen) atoms. The van der Waals surface area contributed by atoms with Crippen LogP contribution in [0.25, 0.3) is 0 Å². The second kappa shape index (κ2) is 7.94. The van der Waals surface area contributed by atoms with Crippen molar-refractivity contribution in [2.75, 3.05) is 26.2 Å². The van der Waals surface area contributed by atoms with Crippen molar-refractivity contribution in [3.8, 4) is 0 Å². The quantitative estimate of drug-likeness (QED) is 0.664. The van der Waals surface area contributed by atoms with Gasteiger partial charge in [0.1, 0.15) is 5.82 Å². The van der Waals surface area contributed by atoms with E-state index in [1.54, 1.807) is 6.08 Å². The van der Waals surface area contributed by atoms with Crippen LogP contribution < -0.4 is 5.32 Å². The zero-order valence-electron chi connectivity index (χ0n) is 12.0. The summed E-state index contributed by atoms with van der Waals surface area (Å²) in [6.07, 6.45) is -2.40. The summed E-state index contributed by atoms with van der Waals surface area (Å²) in [5, 5.41) is 3.19. The van der Waals surface area contributed by atoms with Crippen molar-refractivity contribution < 1.29 is 17.6 Å². The van der Waals surface area contributed by atoms with Gasteiger partial charge in [-0.2, -0.15) is 13.2 Å². The highest BCUT2D eigenvalue weighted by Crippen LogP contribution is 2.34. The third-order valence-electron chi connectivity index (χ3n) is 3.61. The molecule has 1 N–H and O–H groups in total. The Kier molecular flexibility index (Phi) is 6.84. The summed E-state index contributed by atoms with van der Waals surface area (Å²) in [4.78, 5) is 2.06. The lowest BCUT2D eigenvalue weighted by molar-refractivity contribution is -0.137. The fourth-order valence-electron chi connectivity index (χ4n) is 2.62. The van der Waals surface area contributed by atoms with Crippen LogP contribution in [0.1, 0.15) is 23.6 Å². The van der Waals surface area contributed by atoms with Crippen LogP contribution in [0, 0.1) is 5.82 Å². The van der Waals surface area contributed by atoms with Crippen molar-refractivity contribution in [2.45, 2.75) is 18.6 Å². The molecule has 0 unspecified atom stereocenters. The molecule has 2 nitrogen and oxygen atoms in total. The minimum Gasteiger partial charge on any atom is -0.314 e. The minimum atomic E-state index is -4.54. The predicted molar refractivity (Wildman–Crippen MR) is 80.6 cm³/mol. The molecule has 0 amide bonds. The molecule has 1 fully saturated rings. The molecule has 1 aromatic rings. The topological polar surface area (TPSA) is 15.3 Å². The Labute approximate surface area is 133 Å². The van der Waals surface area contributed by atoms with Crippen LogP contribution in [-0.2, 0) is 6.18 Å². The van der Waals surface area contributed by atoms with Gasteiger partial charge in [-0.3, -0.25) is 4.90 Å². The second-order valence-electron chi connectivity index (χ2n) is 5.10. The highest BCUT2D eigenvalue weighted by Gasteiger charge is 2.32. The van der Waals surface area contributed by atoms with Gasteiger partial charge in [0.15, 0.2) is 0 Å². The fraction of sp³-hybridized carbons (Fsp3) is 0.467. The van der Waals surface area contributed by atoms with Crippen LogP contribution in [-0.4, -0.2) is 31.1 Å². The number of hydrogen-bond donors (Lipinski definition) is 1. The minimum absolute atomic E-state index is 0. The predicted octanol–water partition coefficient (Wildman–Crippen LogP) is 3.79. The monoisotopic (exact) mass is 338 g/mol. The van der Waals surface area contributed by atoms with E-state index in [0.29, 0.717) is 18.1 Å². The molecular weight excluding hydrogens is 320 g/mol. The van der Waals surface area contributed by atoms with Crippen molar-refractivity contribution in [1.29, 1.82) is 0 Å². The molecule has 7 heteroatoms. The van der Waals surface area contributed by atoms with Crippen molar-refractivity contribution in [2.24, 2.45) is 0 Å². The summed E-state index contributed by atoms with van der Waals surface area (Å²) in [5.41, 5.74) is -0.592.